The Morgan fingerprint density at radius 3 is 2.50 bits per heavy atom. The lowest BCUT2D eigenvalue weighted by molar-refractivity contribution is 0.0507. The second-order valence-electron chi connectivity index (χ2n) is 5.11. The third kappa shape index (κ3) is 4.16. The van der Waals surface area contributed by atoms with Crippen LogP contribution in [0.2, 0.25) is 0 Å². The summed E-state index contributed by atoms with van der Waals surface area (Å²) in [7, 11) is 0. The van der Waals surface area contributed by atoms with Crippen molar-refractivity contribution in [1.82, 2.24) is 5.32 Å². The summed E-state index contributed by atoms with van der Waals surface area (Å²) in [6.07, 6.45) is -0.572. The number of phenolic OH excluding ortho intramolecular Hbond substituents is 2. The van der Waals surface area contributed by atoms with E-state index in [1.165, 1.54) is 18.2 Å². The molecule has 1 aromatic carbocycles. The molecule has 0 radical (unpaired) electrons. The van der Waals surface area contributed by atoms with Crippen molar-refractivity contribution in [1.29, 1.82) is 0 Å². The Labute approximate surface area is 106 Å². The third-order valence-electron chi connectivity index (χ3n) is 2.21. The molecule has 1 aromatic rings. The number of amides is 1. The molecule has 1 rings (SSSR count). The Morgan fingerprint density at radius 1 is 1.33 bits per heavy atom. The first-order valence-corrected chi connectivity index (χ1v) is 5.70. The van der Waals surface area contributed by atoms with Crippen molar-refractivity contribution in [3.63, 3.8) is 0 Å². The standard InChI is InChI=1S/C13H19NO4/c1-8(14-12(17)18-13(2,3)4)10-7-9(15)5-6-11(10)16/h5-8,15-16H,1-4H3,(H,14,17). The zero-order chi connectivity index (χ0) is 13.9. The zero-order valence-corrected chi connectivity index (χ0v) is 11.0. The van der Waals surface area contributed by atoms with Gasteiger partial charge in [-0.25, -0.2) is 4.79 Å². The van der Waals surface area contributed by atoms with Crippen LogP contribution in [0.1, 0.15) is 39.3 Å². The minimum absolute atomic E-state index is 0.0105. The number of phenols is 2. The van der Waals surface area contributed by atoms with E-state index in [2.05, 4.69) is 5.32 Å². The summed E-state index contributed by atoms with van der Waals surface area (Å²) in [5, 5.41) is 21.6. The first-order chi connectivity index (χ1) is 8.19. The highest BCUT2D eigenvalue weighted by atomic mass is 16.6. The molecule has 1 amide bonds. The summed E-state index contributed by atoms with van der Waals surface area (Å²) < 4.78 is 5.11. The Bertz CT molecular complexity index is 437. The smallest absolute Gasteiger partial charge is 0.408 e. The van der Waals surface area contributed by atoms with Gasteiger partial charge in [0.25, 0.3) is 0 Å². The molecule has 5 heteroatoms. The predicted molar refractivity (Wildman–Crippen MR) is 67.6 cm³/mol. The van der Waals surface area contributed by atoms with Crippen LogP contribution in [0.4, 0.5) is 4.79 Å². The van der Waals surface area contributed by atoms with E-state index in [1.807, 2.05) is 0 Å². The molecule has 3 N–H and O–H groups in total. The van der Waals surface area contributed by atoms with Crippen LogP contribution >= 0.6 is 0 Å². The van der Waals surface area contributed by atoms with Gasteiger partial charge in [-0.1, -0.05) is 0 Å². The number of hydrogen-bond acceptors (Lipinski definition) is 4. The lowest BCUT2D eigenvalue weighted by atomic mass is 10.1. The van der Waals surface area contributed by atoms with Gasteiger partial charge < -0.3 is 20.3 Å². The van der Waals surface area contributed by atoms with E-state index in [9.17, 15) is 15.0 Å². The molecule has 18 heavy (non-hydrogen) atoms. The van der Waals surface area contributed by atoms with Gasteiger partial charge in [0.15, 0.2) is 0 Å². The molecule has 100 valence electrons. The van der Waals surface area contributed by atoms with Crippen LogP contribution in [0.5, 0.6) is 11.5 Å². The van der Waals surface area contributed by atoms with Crippen LogP contribution < -0.4 is 5.32 Å². The molecule has 1 unspecified atom stereocenters. The Morgan fingerprint density at radius 2 is 1.94 bits per heavy atom. The molecule has 5 nitrogen and oxygen atoms in total. The van der Waals surface area contributed by atoms with Crippen molar-refractivity contribution in [3.8, 4) is 11.5 Å². The minimum atomic E-state index is -0.579. The van der Waals surface area contributed by atoms with E-state index in [1.54, 1.807) is 27.7 Å². The highest BCUT2D eigenvalue weighted by molar-refractivity contribution is 5.68. The maximum atomic E-state index is 11.6. The molecule has 0 aliphatic heterocycles. The predicted octanol–water partition coefficient (Wildman–Crippen LogP) is 2.68. The van der Waals surface area contributed by atoms with Crippen LogP contribution in [0.15, 0.2) is 18.2 Å². The van der Waals surface area contributed by atoms with E-state index in [0.717, 1.165) is 0 Å². The van der Waals surface area contributed by atoms with Crippen LogP contribution in [0.25, 0.3) is 0 Å². The van der Waals surface area contributed by atoms with Crippen LogP contribution in [0.3, 0.4) is 0 Å². The van der Waals surface area contributed by atoms with Gasteiger partial charge in [-0.2, -0.15) is 0 Å². The highest BCUT2D eigenvalue weighted by Crippen LogP contribution is 2.27. The summed E-state index contributed by atoms with van der Waals surface area (Å²) in [4.78, 5) is 11.6. The summed E-state index contributed by atoms with van der Waals surface area (Å²) in [5.74, 6) is 0.0389. The van der Waals surface area contributed by atoms with Crippen LogP contribution in [0, 0.1) is 0 Å². The number of rotatable bonds is 2. The fourth-order valence-electron chi connectivity index (χ4n) is 1.45. The summed E-state index contributed by atoms with van der Waals surface area (Å²) in [5.41, 5.74) is -0.147. The average Bonchev–Trinajstić information content (AvgIpc) is 2.18. The molecular weight excluding hydrogens is 234 g/mol. The fourth-order valence-corrected chi connectivity index (χ4v) is 1.45. The Kier molecular flexibility index (Phi) is 4.06. The van der Waals surface area contributed by atoms with Crippen molar-refractivity contribution >= 4 is 6.09 Å². The molecule has 1 atom stereocenters. The summed E-state index contributed by atoms with van der Waals surface area (Å²) >= 11 is 0. The van der Waals surface area contributed by atoms with Gasteiger partial charge in [0.1, 0.15) is 17.1 Å². The lowest BCUT2D eigenvalue weighted by Gasteiger charge is -2.22. The first kappa shape index (κ1) is 14.2. The topological polar surface area (TPSA) is 78.8 Å². The highest BCUT2D eigenvalue weighted by Gasteiger charge is 2.19. The van der Waals surface area contributed by atoms with Gasteiger partial charge in [0, 0.05) is 5.56 Å². The monoisotopic (exact) mass is 253 g/mol. The maximum Gasteiger partial charge on any atom is 0.408 e. The molecule has 0 heterocycles. The van der Waals surface area contributed by atoms with Gasteiger partial charge in [0.05, 0.1) is 6.04 Å². The number of carbonyl (C=O) groups excluding carboxylic acids is 1. The number of aromatic hydroxyl groups is 2. The molecule has 0 aliphatic rings. The molecule has 0 aliphatic carbocycles. The van der Waals surface area contributed by atoms with Gasteiger partial charge in [-0.05, 0) is 45.9 Å². The first-order valence-electron chi connectivity index (χ1n) is 5.70. The van der Waals surface area contributed by atoms with Crippen molar-refractivity contribution in [2.45, 2.75) is 39.3 Å². The quantitative estimate of drug-likeness (QED) is 0.708. The fraction of sp³-hybridized carbons (Fsp3) is 0.462. The van der Waals surface area contributed by atoms with E-state index in [-0.39, 0.29) is 11.5 Å². The molecule has 0 saturated heterocycles. The largest absolute Gasteiger partial charge is 0.508 e. The van der Waals surface area contributed by atoms with Crippen molar-refractivity contribution in [2.24, 2.45) is 0 Å². The normalized spacial score (nSPS) is 12.9. The van der Waals surface area contributed by atoms with Gasteiger partial charge in [-0.15, -0.1) is 0 Å². The molecule has 0 bridgehead atoms. The number of hydrogen-bond donors (Lipinski definition) is 3. The van der Waals surface area contributed by atoms with E-state index >= 15 is 0 Å². The van der Waals surface area contributed by atoms with Crippen molar-refractivity contribution in [2.75, 3.05) is 0 Å². The zero-order valence-electron chi connectivity index (χ0n) is 11.0. The number of benzene rings is 1. The maximum absolute atomic E-state index is 11.6. The second-order valence-corrected chi connectivity index (χ2v) is 5.11. The molecule has 0 fully saturated rings. The molecule has 0 spiro atoms. The average molecular weight is 253 g/mol. The molecule has 0 saturated carbocycles. The SMILES string of the molecule is CC(NC(=O)OC(C)(C)C)c1cc(O)ccc1O. The summed E-state index contributed by atoms with van der Waals surface area (Å²) in [6, 6.07) is 3.68. The number of ether oxygens (including phenoxy) is 1. The van der Waals surface area contributed by atoms with Crippen LogP contribution in [-0.2, 0) is 4.74 Å². The van der Waals surface area contributed by atoms with Gasteiger partial charge >= 0.3 is 6.09 Å². The van der Waals surface area contributed by atoms with E-state index in [0.29, 0.717) is 5.56 Å². The van der Waals surface area contributed by atoms with E-state index < -0.39 is 17.7 Å². The Hall–Kier alpha value is -1.91. The summed E-state index contributed by atoms with van der Waals surface area (Å²) in [6.45, 7) is 6.99. The lowest BCUT2D eigenvalue weighted by Crippen LogP contribution is -2.34. The van der Waals surface area contributed by atoms with Gasteiger partial charge in [-0.3, -0.25) is 0 Å². The number of alkyl carbamates (subject to hydrolysis) is 1. The van der Waals surface area contributed by atoms with Crippen LogP contribution in [-0.4, -0.2) is 21.9 Å². The third-order valence-corrected chi connectivity index (χ3v) is 2.21. The Balaban J connectivity index is 2.73. The molecular formula is C13H19NO4. The van der Waals surface area contributed by atoms with Gasteiger partial charge in [0.2, 0.25) is 0 Å². The van der Waals surface area contributed by atoms with E-state index in [4.69, 9.17) is 4.74 Å². The number of nitrogens with one attached hydrogen (secondary N) is 1. The minimum Gasteiger partial charge on any atom is -0.508 e. The number of carbonyl (C=O) groups is 1. The second kappa shape index (κ2) is 5.16. The van der Waals surface area contributed by atoms with Crippen molar-refractivity contribution in [3.05, 3.63) is 23.8 Å². The van der Waals surface area contributed by atoms with Crippen molar-refractivity contribution < 1.29 is 19.7 Å². The molecule has 0 aromatic heterocycles.